The summed E-state index contributed by atoms with van der Waals surface area (Å²) in [5.41, 5.74) is 1.64. The summed E-state index contributed by atoms with van der Waals surface area (Å²) in [5, 5.41) is 3.10. The largest absolute Gasteiger partial charge is 0.497 e. The number of nitrogens with one attached hydrogen (secondary N) is 1. The van der Waals surface area contributed by atoms with Crippen molar-refractivity contribution in [3.63, 3.8) is 0 Å². The van der Waals surface area contributed by atoms with Gasteiger partial charge in [-0.2, -0.15) is 0 Å². The van der Waals surface area contributed by atoms with E-state index in [1.807, 2.05) is 24.4 Å². The Bertz CT molecular complexity index is 878. The van der Waals surface area contributed by atoms with Crippen molar-refractivity contribution in [2.45, 2.75) is 31.1 Å². The second-order valence-corrected chi connectivity index (χ2v) is 6.85. The molecule has 134 valence electrons. The minimum Gasteiger partial charge on any atom is -0.497 e. The first-order valence-electron chi connectivity index (χ1n) is 8.93. The van der Waals surface area contributed by atoms with E-state index < -0.39 is 0 Å². The molecule has 6 heteroatoms. The Kier molecular flexibility index (Phi) is 4.32. The number of nitrogens with zero attached hydrogens (tertiary/aromatic N) is 3. The van der Waals surface area contributed by atoms with Crippen LogP contribution in [0.2, 0.25) is 0 Å². The van der Waals surface area contributed by atoms with E-state index in [2.05, 4.69) is 27.4 Å². The minimum absolute atomic E-state index is 0.0145. The summed E-state index contributed by atoms with van der Waals surface area (Å²) in [5.74, 6) is 1.22. The predicted octanol–water partition coefficient (Wildman–Crippen LogP) is 2.98. The molecule has 0 unspecified atom stereocenters. The lowest BCUT2D eigenvalue weighted by Crippen LogP contribution is -2.39. The molecule has 0 spiro atoms. The van der Waals surface area contributed by atoms with Crippen molar-refractivity contribution in [3.8, 4) is 5.75 Å². The third-order valence-electron chi connectivity index (χ3n) is 5.32. The van der Waals surface area contributed by atoms with Crippen LogP contribution in [0.15, 0.2) is 48.9 Å². The topological polar surface area (TPSA) is 68.5 Å². The number of fused-ring (bicyclic) bond motifs is 1. The molecular weight excluding hydrogens is 328 g/mol. The highest BCUT2D eigenvalue weighted by Crippen LogP contribution is 2.41. The van der Waals surface area contributed by atoms with Gasteiger partial charge in [-0.15, -0.1) is 0 Å². The average Bonchev–Trinajstić information content (AvgIpc) is 3.34. The molecule has 2 heterocycles. The molecule has 0 saturated heterocycles. The molecule has 2 aromatic heterocycles. The zero-order chi connectivity index (χ0) is 18.0. The van der Waals surface area contributed by atoms with Gasteiger partial charge < -0.3 is 10.1 Å². The molecule has 1 N–H and O–H groups in total. The van der Waals surface area contributed by atoms with Gasteiger partial charge in [-0.1, -0.05) is 25.0 Å². The van der Waals surface area contributed by atoms with Gasteiger partial charge in [0.1, 0.15) is 11.4 Å². The predicted molar refractivity (Wildman–Crippen MR) is 98.5 cm³/mol. The summed E-state index contributed by atoms with van der Waals surface area (Å²) in [4.78, 5) is 21.1. The van der Waals surface area contributed by atoms with Crippen molar-refractivity contribution in [3.05, 3.63) is 60.2 Å². The van der Waals surface area contributed by atoms with Gasteiger partial charge in [0, 0.05) is 30.6 Å². The number of rotatable bonds is 5. The lowest BCUT2D eigenvalue weighted by Gasteiger charge is -2.30. The van der Waals surface area contributed by atoms with E-state index in [0.29, 0.717) is 18.0 Å². The molecule has 1 fully saturated rings. The number of methoxy groups -OCH3 is 1. The Balaban J connectivity index is 1.52. The van der Waals surface area contributed by atoms with E-state index in [0.717, 1.165) is 18.6 Å². The van der Waals surface area contributed by atoms with E-state index in [1.165, 1.54) is 18.4 Å². The van der Waals surface area contributed by atoms with Crippen molar-refractivity contribution in [2.24, 2.45) is 0 Å². The number of imidazole rings is 1. The first-order chi connectivity index (χ1) is 12.7. The number of hydrogen-bond acceptors (Lipinski definition) is 4. The van der Waals surface area contributed by atoms with Crippen molar-refractivity contribution in [1.29, 1.82) is 0 Å². The van der Waals surface area contributed by atoms with Crippen LogP contribution in [0.4, 0.5) is 0 Å². The standard InChI is InChI=1S/C20H22N4O2/c1-26-16-7-5-15(6-8-16)20(9-2-3-10-20)14-22-18(25)17-13-24-12-4-11-21-19(24)23-17/h4-8,11-13H,2-3,9-10,14H2,1H3,(H,22,25). The van der Waals surface area contributed by atoms with Crippen LogP contribution < -0.4 is 10.1 Å². The number of hydrogen-bond donors (Lipinski definition) is 1. The van der Waals surface area contributed by atoms with Crippen LogP contribution >= 0.6 is 0 Å². The molecule has 1 amide bonds. The normalized spacial score (nSPS) is 15.9. The third-order valence-corrected chi connectivity index (χ3v) is 5.32. The highest BCUT2D eigenvalue weighted by atomic mass is 16.5. The van der Waals surface area contributed by atoms with Crippen molar-refractivity contribution >= 4 is 11.7 Å². The van der Waals surface area contributed by atoms with Gasteiger partial charge in [0.05, 0.1) is 7.11 Å². The molecule has 1 aliphatic carbocycles. The molecule has 0 atom stereocenters. The Hall–Kier alpha value is -2.89. The van der Waals surface area contributed by atoms with Gasteiger partial charge in [0.15, 0.2) is 0 Å². The number of amides is 1. The minimum atomic E-state index is -0.157. The number of aromatic nitrogens is 3. The lowest BCUT2D eigenvalue weighted by molar-refractivity contribution is 0.0938. The average molecular weight is 350 g/mol. The van der Waals surface area contributed by atoms with Crippen LogP contribution in [-0.2, 0) is 5.41 Å². The van der Waals surface area contributed by atoms with Crippen molar-refractivity contribution in [1.82, 2.24) is 19.7 Å². The van der Waals surface area contributed by atoms with Gasteiger partial charge in [0.25, 0.3) is 5.91 Å². The highest BCUT2D eigenvalue weighted by molar-refractivity contribution is 5.92. The lowest BCUT2D eigenvalue weighted by atomic mass is 9.78. The van der Waals surface area contributed by atoms with E-state index in [1.54, 1.807) is 23.9 Å². The number of ether oxygens (including phenoxy) is 1. The van der Waals surface area contributed by atoms with E-state index >= 15 is 0 Å². The van der Waals surface area contributed by atoms with Crippen LogP contribution in [0.5, 0.6) is 5.75 Å². The summed E-state index contributed by atoms with van der Waals surface area (Å²) in [7, 11) is 1.67. The fourth-order valence-corrected chi connectivity index (χ4v) is 3.84. The van der Waals surface area contributed by atoms with Crippen LogP contribution in [0.1, 0.15) is 41.7 Å². The van der Waals surface area contributed by atoms with Gasteiger partial charge in [-0.3, -0.25) is 9.20 Å². The summed E-state index contributed by atoms with van der Waals surface area (Å²) in [6, 6.07) is 10.0. The maximum Gasteiger partial charge on any atom is 0.271 e. The monoisotopic (exact) mass is 350 g/mol. The molecule has 1 aromatic carbocycles. The maximum atomic E-state index is 12.6. The summed E-state index contributed by atoms with van der Waals surface area (Å²) < 4.78 is 7.02. The molecular formula is C20H22N4O2. The fourth-order valence-electron chi connectivity index (χ4n) is 3.84. The van der Waals surface area contributed by atoms with Gasteiger partial charge in [-0.05, 0) is 36.6 Å². The number of carbonyl (C=O) groups is 1. The molecule has 1 aliphatic rings. The smallest absolute Gasteiger partial charge is 0.271 e. The van der Waals surface area contributed by atoms with Crippen LogP contribution in [0, 0.1) is 0 Å². The summed E-state index contributed by atoms with van der Waals surface area (Å²) in [6.07, 6.45) is 9.73. The first kappa shape index (κ1) is 16.6. The molecule has 0 bridgehead atoms. The molecule has 26 heavy (non-hydrogen) atoms. The zero-order valence-corrected chi connectivity index (χ0v) is 14.8. The zero-order valence-electron chi connectivity index (χ0n) is 14.8. The van der Waals surface area contributed by atoms with Crippen molar-refractivity contribution < 1.29 is 9.53 Å². The Morgan fingerprint density at radius 3 is 2.73 bits per heavy atom. The Morgan fingerprint density at radius 2 is 2.04 bits per heavy atom. The first-order valence-corrected chi connectivity index (χ1v) is 8.93. The van der Waals surface area contributed by atoms with Crippen molar-refractivity contribution in [2.75, 3.05) is 13.7 Å². The Labute approximate surface area is 152 Å². The molecule has 0 radical (unpaired) electrons. The molecule has 0 aliphatic heterocycles. The summed E-state index contributed by atoms with van der Waals surface area (Å²) >= 11 is 0. The molecule has 4 rings (SSSR count). The van der Waals surface area contributed by atoms with E-state index in [9.17, 15) is 4.79 Å². The quantitative estimate of drug-likeness (QED) is 0.768. The van der Waals surface area contributed by atoms with E-state index in [4.69, 9.17) is 4.74 Å². The molecule has 1 saturated carbocycles. The number of carbonyl (C=O) groups excluding carboxylic acids is 1. The molecule has 6 nitrogen and oxygen atoms in total. The van der Waals surface area contributed by atoms with Gasteiger partial charge in [0.2, 0.25) is 5.78 Å². The van der Waals surface area contributed by atoms with Crippen LogP contribution in [-0.4, -0.2) is 33.9 Å². The van der Waals surface area contributed by atoms with E-state index in [-0.39, 0.29) is 11.3 Å². The SMILES string of the molecule is COc1ccc(C2(CNC(=O)c3cn4cccnc4n3)CCCC2)cc1. The molecule has 3 aromatic rings. The number of benzene rings is 1. The summed E-state index contributed by atoms with van der Waals surface area (Å²) in [6.45, 7) is 0.611. The maximum absolute atomic E-state index is 12.6. The Morgan fingerprint density at radius 1 is 1.27 bits per heavy atom. The second-order valence-electron chi connectivity index (χ2n) is 6.85. The van der Waals surface area contributed by atoms with Gasteiger partial charge >= 0.3 is 0 Å². The van der Waals surface area contributed by atoms with Crippen LogP contribution in [0.3, 0.4) is 0 Å². The second kappa shape index (κ2) is 6.78. The van der Waals surface area contributed by atoms with Gasteiger partial charge in [-0.25, -0.2) is 9.97 Å². The van der Waals surface area contributed by atoms with Crippen LogP contribution in [0.25, 0.3) is 5.78 Å². The fraction of sp³-hybridized carbons (Fsp3) is 0.350. The highest BCUT2D eigenvalue weighted by Gasteiger charge is 2.36. The third kappa shape index (κ3) is 3.03.